The Balaban J connectivity index is 1.61. The van der Waals surface area contributed by atoms with Crippen LogP contribution in [0.15, 0.2) is 39.8 Å². The highest BCUT2D eigenvalue weighted by atomic mass is 32.2. The molecular weight excluding hydrogens is 347 g/mol. The van der Waals surface area contributed by atoms with E-state index in [0.717, 1.165) is 5.56 Å². The highest BCUT2D eigenvalue weighted by molar-refractivity contribution is 7.89. The number of hydrogen-bond donors (Lipinski definition) is 0. The average Bonchev–Trinajstić information content (AvgIpc) is 3.03. The van der Waals surface area contributed by atoms with E-state index in [1.54, 1.807) is 19.1 Å². The Kier molecular flexibility index (Phi) is 5.12. The molecule has 0 spiro atoms. The van der Waals surface area contributed by atoms with Gasteiger partial charge in [0.2, 0.25) is 5.09 Å². The molecule has 136 valence electrons. The summed E-state index contributed by atoms with van der Waals surface area (Å²) >= 11 is 0. The molecule has 8 heteroatoms. The maximum Gasteiger partial charge on any atom is 0.276 e. The van der Waals surface area contributed by atoms with E-state index in [-0.39, 0.29) is 10.8 Å². The molecule has 0 saturated carbocycles. The lowest BCUT2D eigenvalue weighted by atomic mass is 10.2. The number of sulfonamides is 1. The largest absolute Gasteiger partial charge is 0.494 e. The molecule has 1 aromatic carbocycles. The van der Waals surface area contributed by atoms with Crippen LogP contribution in [0.2, 0.25) is 0 Å². The third kappa shape index (κ3) is 3.86. The summed E-state index contributed by atoms with van der Waals surface area (Å²) in [5, 5.41) is -0.0179. The Morgan fingerprint density at radius 1 is 1.16 bits per heavy atom. The van der Waals surface area contributed by atoms with E-state index in [9.17, 15) is 12.8 Å². The summed E-state index contributed by atoms with van der Waals surface area (Å²) < 4.78 is 50.4. The van der Waals surface area contributed by atoms with Gasteiger partial charge >= 0.3 is 0 Å². The number of nitrogens with zero attached hydrogens (tertiary/aromatic N) is 2. The summed E-state index contributed by atoms with van der Waals surface area (Å²) in [5.74, 6) is 0.390. The van der Waals surface area contributed by atoms with Crippen LogP contribution in [0, 0.1) is 12.7 Å². The van der Waals surface area contributed by atoms with Gasteiger partial charge < -0.3 is 9.15 Å². The van der Waals surface area contributed by atoms with E-state index >= 15 is 0 Å². The molecule has 0 N–H and O–H groups in total. The molecule has 25 heavy (non-hydrogen) atoms. The van der Waals surface area contributed by atoms with Crippen molar-refractivity contribution < 1.29 is 22.0 Å². The number of piperazine rings is 1. The van der Waals surface area contributed by atoms with Gasteiger partial charge in [0.15, 0.2) is 11.6 Å². The Bertz CT molecular complexity index is 842. The van der Waals surface area contributed by atoms with Crippen molar-refractivity contribution in [2.24, 2.45) is 0 Å². The quantitative estimate of drug-likeness (QED) is 0.810. The number of halogens is 1. The van der Waals surface area contributed by atoms with Crippen molar-refractivity contribution in [3.05, 3.63) is 47.5 Å². The van der Waals surface area contributed by atoms with Gasteiger partial charge in [0, 0.05) is 32.7 Å². The lowest BCUT2D eigenvalue weighted by molar-refractivity contribution is 0.179. The van der Waals surface area contributed by atoms with Gasteiger partial charge in [-0.2, -0.15) is 4.31 Å². The van der Waals surface area contributed by atoms with E-state index in [1.807, 2.05) is 6.07 Å². The van der Waals surface area contributed by atoms with Crippen molar-refractivity contribution in [1.82, 2.24) is 9.21 Å². The zero-order valence-electron chi connectivity index (χ0n) is 14.2. The average molecular weight is 368 g/mol. The van der Waals surface area contributed by atoms with Crippen LogP contribution in [-0.2, 0) is 16.6 Å². The van der Waals surface area contributed by atoms with Gasteiger partial charge in [-0.15, -0.1) is 0 Å². The second-order valence-electron chi connectivity index (χ2n) is 6.01. The molecule has 0 bridgehead atoms. The summed E-state index contributed by atoms with van der Waals surface area (Å²) in [5.41, 5.74) is 0.830. The van der Waals surface area contributed by atoms with Crippen LogP contribution in [0.5, 0.6) is 5.75 Å². The first-order valence-corrected chi connectivity index (χ1v) is 9.45. The van der Waals surface area contributed by atoms with Gasteiger partial charge in [0.25, 0.3) is 10.0 Å². The van der Waals surface area contributed by atoms with Gasteiger partial charge in [-0.1, -0.05) is 6.07 Å². The Morgan fingerprint density at radius 2 is 1.88 bits per heavy atom. The van der Waals surface area contributed by atoms with E-state index in [1.165, 1.54) is 23.5 Å². The fraction of sp³-hybridized carbons (Fsp3) is 0.412. The Labute approximate surface area is 146 Å². The number of aryl methyl sites for hydroxylation is 1. The SMILES string of the molecule is COc1ccc(CN2CCN(S(=O)(=O)c3ccc(C)o3)CC2)cc1F. The topological polar surface area (TPSA) is 63.0 Å². The summed E-state index contributed by atoms with van der Waals surface area (Å²) in [4.78, 5) is 2.10. The van der Waals surface area contributed by atoms with E-state index < -0.39 is 15.8 Å². The minimum Gasteiger partial charge on any atom is -0.494 e. The predicted molar refractivity (Wildman–Crippen MR) is 90.4 cm³/mol. The maximum absolute atomic E-state index is 13.8. The fourth-order valence-electron chi connectivity index (χ4n) is 2.87. The van der Waals surface area contributed by atoms with Crippen LogP contribution in [-0.4, -0.2) is 50.9 Å². The zero-order chi connectivity index (χ0) is 18.0. The van der Waals surface area contributed by atoms with Crippen molar-refractivity contribution in [2.45, 2.75) is 18.6 Å². The number of ether oxygens (including phenoxy) is 1. The third-order valence-electron chi connectivity index (χ3n) is 4.26. The van der Waals surface area contributed by atoms with E-state index in [0.29, 0.717) is 38.5 Å². The zero-order valence-corrected chi connectivity index (χ0v) is 15.1. The van der Waals surface area contributed by atoms with Gasteiger partial charge in [-0.3, -0.25) is 4.90 Å². The summed E-state index contributed by atoms with van der Waals surface area (Å²) in [6, 6.07) is 7.99. The monoisotopic (exact) mass is 368 g/mol. The molecule has 2 heterocycles. The first-order valence-electron chi connectivity index (χ1n) is 8.01. The molecule has 0 amide bonds. The van der Waals surface area contributed by atoms with Crippen molar-refractivity contribution in [3.8, 4) is 5.75 Å². The van der Waals surface area contributed by atoms with E-state index in [4.69, 9.17) is 9.15 Å². The fourth-order valence-corrected chi connectivity index (χ4v) is 4.25. The van der Waals surface area contributed by atoms with Crippen LogP contribution in [0.3, 0.4) is 0 Å². The first kappa shape index (κ1) is 17.9. The summed E-state index contributed by atoms with van der Waals surface area (Å²) in [6.07, 6.45) is 0. The molecule has 1 aliphatic rings. The molecule has 0 atom stereocenters. The van der Waals surface area contributed by atoms with Crippen molar-refractivity contribution in [2.75, 3.05) is 33.3 Å². The van der Waals surface area contributed by atoms with Crippen LogP contribution < -0.4 is 4.74 Å². The smallest absolute Gasteiger partial charge is 0.276 e. The number of furan rings is 1. The molecule has 0 radical (unpaired) electrons. The molecule has 1 saturated heterocycles. The highest BCUT2D eigenvalue weighted by Crippen LogP contribution is 2.22. The van der Waals surface area contributed by atoms with Crippen molar-refractivity contribution in [1.29, 1.82) is 0 Å². The van der Waals surface area contributed by atoms with Crippen LogP contribution in [0.4, 0.5) is 4.39 Å². The number of rotatable bonds is 5. The minimum absolute atomic E-state index is 0.0179. The molecule has 1 aliphatic heterocycles. The van der Waals surface area contributed by atoms with Crippen LogP contribution in [0.25, 0.3) is 0 Å². The number of hydrogen-bond acceptors (Lipinski definition) is 5. The minimum atomic E-state index is -3.59. The molecular formula is C17H21FN2O4S. The van der Waals surface area contributed by atoms with Crippen molar-refractivity contribution >= 4 is 10.0 Å². The van der Waals surface area contributed by atoms with Crippen LogP contribution >= 0.6 is 0 Å². The van der Waals surface area contributed by atoms with Gasteiger partial charge in [-0.05, 0) is 36.8 Å². The maximum atomic E-state index is 13.8. The second-order valence-corrected chi connectivity index (χ2v) is 7.88. The summed E-state index contributed by atoms with van der Waals surface area (Å²) in [6.45, 7) is 4.18. The van der Waals surface area contributed by atoms with Crippen molar-refractivity contribution in [3.63, 3.8) is 0 Å². The second kappa shape index (κ2) is 7.15. The lowest BCUT2D eigenvalue weighted by Gasteiger charge is -2.33. The molecule has 0 unspecified atom stereocenters. The van der Waals surface area contributed by atoms with Crippen LogP contribution in [0.1, 0.15) is 11.3 Å². The highest BCUT2D eigenvalue weighted by Gasteiger charge is 2.30. The van der Waals surface area contributed by atoms with Gasteiger partial charge in [-0.25, -0.2) is 12.8 Å². The number of methoxy groups -OCH3 is 1. The Morgan fingerprint density at radius 3 is 2.44 bits per heavy atom. The van der Waals surface area contributed by atoms with E-state index in [2.05, 4.69) is 4.90 Å². The molecule has 0 aliphatic carbocycles. The normalized spacial score (nSPS) is 16.9. The Hall–Kier alpha value is -1.90. The molecule has 6 nitrogen and oxygen atoms in total. The molecule has 1 fully saturated rings. The first-order chi connectivity index (χ1) is 11.9. The number of benzene rings is 1. The molecule has 1 aromatic heterocycles. The third-order valence-corrected chi connectivity index (χ3v) is 6.04. The standard InChI is InChI=1S/C17H21FN2O4S/c1-13-3-6-17(24-13)25(21,22)20-9-7-19(8-10-20)12-14-4-5-16(23-2)15(18)11-14/h3-6,11H,7-10,12H2,1-2H3. The molecule has 2 aromatic rings. The molecule has 3 rings (SSSR count). The lowest BCUT2D eigenvalue weighted by Crippen LogP contribution is -2.48. The predicted octanol–water partition coefficient (Wildman–Crippen LogP) is 2.24. The summed E-state index contributed by atoms with van der Waals surface area (Å²) in [7, 11) is -2.16. The van der Waals surface area contributed by atoms with Gasteiger partial charge in [0.1, 0.15) is 5.76 Å². The van der Waals surface area contributed by atoms with Gasteiger partial charge in [0.05, 0.1) is 7.11 Å².